The van der Waals surface area contributed by atoms with E-state index >= 15 is 0 Å². The van der Waals surface area contributed by atoms with Gasteiger partial charge in [0.2, 0.25) is 5.91 Å². The van der Waals surface area contributed by atoms with E-state index in [0.717, 1.165) is 17.7 Å². The maximum absolute atomic E-state index is 13.0. The predicted molar refractivity (Wildman–Crippen MR) is 136 cm³/mol. The second kappa shape index (κ2) is 10.0. The summed E-state index contributed by atoms with van der Waals surface area (Å²) in [6.45, 7) is 4.19. The van der Waals surface area contributed by atoms with Crippen molar-refractivity contribution < 1.29 is 9.53 Å². The standard InChI is InChI=1S/C28H28N4O3/c1-2-35-24-10-8-23(9-11-24)25-20-26-28(34)31(18-19-32(26)29-25)17-14-27(33)30-15-12-22(13-16-30)21-6-4-3-5-7-21/h3-12,18-20H,2,13-17H2,1H3. The van der Waals surface area contributed by atoms with Crippen molar-refractivity contribution >= 4 is 17.0 Å². The molecular formula is C28H28N4O3. The van der Waals surface area contributed by atoms with Crippen molar-refractivity contribution in [1.29, 1.82) is 0 Å². The van der Waals surface area contributed by atoms with Crippen molar-refractivity contribution in [2.75, 3.05) is 19.7 Å². The van der Waals surface area contributed by atoms with Gasteiger partial charge in [-0.05, 0) is 54.8 Å². The molecule has 0 fully saturated rings. The summed E-state index contributed by atoms with van der Waals surface area (Å²) in [5.74, 6) is 0.858. The first kappa shape index (κ1) is 22.7. The molecule has 1 amide bonds. The van der Waals surface area contributed by atoms with Crippen LogP contribution in [-0.4, -0.2) is 44.7 Å². The van der Waals surface area contributed by atoms with Crippen LogP contribution in [0.1, 0.15) is 25.3 Å². The Morgan fingerprint density at radius 1 is 1.03 bits per heavy atom. The molecule has 35 heavy (non-hydrogen) atoms. The Bertz CT molecular complexity index is 1420. The average molecular weight is 469 g/mol. The third-order valence-corrected chi connectivity index (χ3v) is 6.34. The van der Waals surface area contributed by atoms with E-state index in [1.165, 1.54) is 11.1 Å². The highest BCUT2D eigenvalue weighted by Crippen LogP contribution is 2.23. The quantitative estimate of drug-likeness (QED) is 0.406. The van der Waals surface area contributed by atoms with Crippen LogP contribution in [0.5, 0.6) is 5.75 Å². The van der Waals surface area contributed by atoms with Crippen LogP contribution in [0.25, 0.3) is 22.3 Å². The second-order valence-corrected chi connectivity index (χ2v) is 8.55. The van der Waals surface area contributed by atoms with Crippen molar-refractivity contribution in [2.45, 2.75) is 26.3 Å². The predicted octanol–water partition coefficient (Wildman–Crippen LogP) is 4.27. The number of nitrogens with zero attached hydrogens (tertiary/aromatic N) is 4. The van der Waals surface area contributed by atoms with Crippen LogP contribution in [0.3, 0.4) is 0 Å². The molecule has 0 spiro atoms. The van der Waals surface area contributed by atoms with E-state index in [9.17, 15) is 9.59 Å². The van der Waals surface area contributed by atoms with Crippen molar-refractivity contribution in [1.82, 2.24) is 19.1 Å². The van der Waals surface area contributed by atoms with Gasteiger partial charge in [0.25, 0.3) is 5.56 Å². The van der Waals surface area contributed by atoms with Gasteiger partial charge in [-0.3, -0.25) is 9.59 Å². The molecule has 5 rings (SSSR count). The van der Waals surface area contributed by atoms with E-state index in [2.05, 4.69) is 23.3 Å². The molecule has 7 nitrogen and oxygen atoms in total. The number of carbonyl (C=O) groups excluding carboxylic acids is 1. The number of carbonyl (C=O) groups is 1. The highest BCUT2D eigenvalue weighted by molar-refractivity contribution is 5.78. The lowest BCUT2D eigenvalue weighted by atomic mass is 9.99. The third-order valence-electron chi connectivity index (χ3n) is 6.34. The summed E-state index contributed by atoms with van der Waals surface area (Å²) in [5, 5.41) is 4.54. The second-order valence-electron chi connectivity index (χ2n) is 8.55. The van der Waals surface area contributed by atoms with Gasteiger partial charge in [-0.15, -0.1) is 0 Å². The largest absolute Gasteiger partial charge is 0.494 e. The number of hydrogen-bond donors (Lipinski definition) is 0. The van der Waals surface area contributed by atoms with Crippen molar-refractivity contribution in [2.24, 2.45) is 0 Å². The molecule has 3 heterocycles. The summed E-state index contributed by atoms with van der Waals surface area (Å²) in [6, 6.07) is 19.7. The van der Waals surface area contributed by atoms with Crippen molar-refractivity contribution in [3.8, 4) is 17.0 Å². The zero-order valence-electron chi connectivity index (χ0n) is 19.8. The fourth-order valence-corrected chi connectivity index (χ4v) is 4.42. The van der Waals surface area contributed by atoms with Gasteiger partial charge in [0.05, 0.1) is 12.3 Å². The molecule has 4 aromatic rings. The number of amides is 1. The Kier molecular flexibility index (Phi) is 6.48. The number of aryl methyl sites for hydroxylation is 1. The first-order valence-corrected chi connectivity index (χ1v) is 12.0. The topological polar surface area (TPSA) is 68.8 Å². The molecule has 1 aliphatic rings. The molecule has 7 heteroatoms. The monoisotopic (exact) mass is 468 g/mol. The van der Waals surface area contributed by atoms with Crippen LogP contribution >= 0.6 is 0 Å². The maximum Gasteiger partial charge on any atom is 0.276 e. The van der Waals surface area contributed by atoms with E-state index in [4.69, 9.17) is 4.74 Å². The number of benzene rings is 2. The zero-order valence-corrected chi connectivity index (χ0v) is 19.8. The van der Waals surface area contributed by atoms with Crippen LogP contribution in [-0.2, 0) is 11.3 Å². The Morgan fingerprint density at radius 3 is 2.54 bits per heavy atom. The Labute approximate surface area is 203 Å². The summed E-state index contributed by atoms with van der Waals surface area (Å²) in [7, 11) is 0. The molecule has 1 aliphatic heterocycles. The molecule has 178 valence electrons. The minimum atomic E-state index is -0.158. The summed E-state index contributed by atoms with van der Waals surface area (Å²) in [4.78, 5) is 27.7. The minimum Gasteiger partial charge on any atom is -0.494 e. The Balaban J connectivity index is 1.25. The summed E-state index contributed by atoms with van der Waals surface area (Å²) in [5.41, 5.74) is 4.44. The summed E-state index contributed by atoms with van der Waals surface area (Å²) in [6.07, 6.45) is 6.70. The number of hydrogen-bond acceptors (Lipinski definition) is 4. The average Bonchev–Trinajstić information content (AvgIpc) is 3.35. The normalized spacial score (nSPS) is 13.6. The van der Waals surface area contributed by atoms with Crippen LogP contribution in [0.2, 0.25) is 0 Å². The first-order valence-electron chi connectivity index (χ1n) is 12.0. The molecule has 0 saturated carbocycles. The lowest BCUT2D eigenvalue weighted by Crippen LogP contribution is -2.35. The molecule has 0 radical (unpaired) electrons. The van der Waals surface area contributed by atoms with Crippen molar-refractivity contribution in [3.63, 3.8) is 0 Å². The fraction of sp³-hybridized carbons (Fsp3) is 0.250. The minimum absolute atomic E-state index is 0.0590. The lowest BCUT2D eigenvalue weighted by Gasteiger charge is -2.27. The molecule has 2 aromatic heterocycles. The van der Waals surface area contributed by atoms with Gasteiger partial charge in [-0.1, -0.05) is 36.4 Å². The number of ether oxygens (including phenoxy) is 1. The van der Waals surface area contributed by atoms with Gasteiger partial charge in [-0.25, -0.2) is 4.52 Å². The lowest BCUT2D eigenvalue weighted by molar-refractivity contribution is -0.131. The molecule has 0 unspecified atom stereocenters. The van der Waals surface area contributed by atoms with Gasteiger partial charge >= 0.3 is 0 Å². The van der Waals surface area contributed by atoms with Gasteiger partial charge in [0.15, 0.2) is 0 Å². The van der Waals surface area contributed by atoms with Gasteiger partial charge < -0.3 is 14.2 Å². The highest BCUT2D eigenvalue weighted by atomic mass is 16.5. The highest BCUT2D eigenvalue weighted by Gasteiger charge is 2.18. The Morgan fingerprint density at radius 2 is 1.83 bits per heavy atom. The number of fused-ring (bicyclic) bond motifs is 1. The summed E-state index contributed by atoms with van der Waals surface area (Å²) >= 11 is 0. The molecule has 0 bridgehead atoms. The number of aromatic nitrogens is 3. The molecule has 0 aliphatic carbocycles. The molecule has 0 atom stereocenters. The zero-order chi connectivity index (χ0) is 24.2. The van der Waals surface area contributed by atoms with Crippen LogP contribution < -0.4 is 10.3 Å². The maximum atomic E-state index is 13.0. The van der Waals surface area contributed by atoms with Gasteiger partial charge in [-0.2, -0.15) is 5.10 Å². The van der Waals surface area contributed by atoms with Crippen LogP contribution in [0.4, 0.5) is 0 Å². The fourth-order valence-electron chi connectivity index (χ4n) is 4.42. The molecule has 0 saturated heterocycles. The van der Waals surface area contributed by atoms with Crippen LogP contribution in [0, 0.1) is 0 Å². The van der Waals surface area contributed by atoms with E-state index in [1.54, 1.807) is 27.5 Å². The van der Waals surface area contributed by atoms with Crippen molar-refractivity contribution in [3.05, 3.63) is 95.1 Å². The first-order chi connectivity index (χ1) is 17.1. The molecule has 0 N–H and O–H groups in total. The SMILES string of the molecule is CCOc1ccc(-c2cc3c(=O)n(CCC(=O)N4CC=C(c5ccccc5)CC4)ccn3n2)cc1. The van der Waals surface area contributed by atoms with E-state index < -0.39 is 0 Å². The molecular weight excluding hydrogens is 440 g/mol. The number of rotatable bonds is 7. The van der Waals surface area contributed by atoms with Gasteiger partial charge in [0.1, 0.15) is 11.3 Å². The Hall–Kier alpha value is -4.13. The van der Waals surface area contributed by atoms with Gasteiger partial charge in [0, 0.05) is 44.0 Å². The summed E-state index contributed by atoms with van der Waals surface area (Å²) < 4.78 is 8.67. The van der Waals surface area contributed by atoms with E-state index in [-0.39, 0.29) is 17.9 Å². The van der Waals surface area contributed by atoms with Crippen LogP contribution in [0.15, 0.2) is 83.9 Å². The third kappa shape index (κ3) is 4.89. The van der Waals surface area contributed by atoms with E-state index in [0.29, 0.717) is 37.5 Å². The molecule has 2 aromatic carbocycles. The smallest absolute Gasteiger partial charge is 0.276 e. The van der Waals surface area contributed by atoms with E-state index in [1.807, 2.05) is 54.3 Å².